The molecular weight excluding hydrogens is 202 g/mol. The molecule has 3 nitrogen and oxygen atoms in total. The van der Waals surface area contributed by atoms with E-state index in [0.29, 0.717) is 17.2 Å². The molecule has 0 unspecified atom stereocenters. The summed E-state index contributed by atoms with van der Waals surface area (Å²) in [6.07, 6.45) is 1.96. The number of anilines is 1. The normalized spacial score (nSPS) is 10.5. The summed E-state index contributed by atoms with van der Waals surface area (Å²) in [4.78, 5) is 11.4. The molecule has 0 aliphatic carbocycles. The summed E-state index contributed by atoms with van der Waals surface area (Å²) in [5, 5.41) is 0. The third kappa shape index (κ3) is 2.99. The highest BCUT2D eigenvalue weighted by atomic mass is 16.5. The Hall–Kier alpha value is -1.51. The SMILES string of the molecule is COC(=O)c1cccc(CCC(C)C)c1N. The first-order chi connectivity index (χ1) is 7.56. The molecule has 2 N–H and O–H groups in total. The summed E-state index contributed by atoms with van der Waals surface area (Å²) in [6.45, 7) is 4.33. The Morgan fingerprint density at radius 3 is 2.69 bits per heavy atom. The first kappa shape index (κ1) is 12.6. The summed E-state index contributed by atoms with van der Waals surface area (Å²) >= 11 is 0. The Balaban J connectivity index is 2.90. The fraction of sp³-hybridized carbons (Fsp3) is 0.462. The van der Waals surface area contributed by atoms with Gasteiger partial charge in [-0.1, -0.05) is 26.0 Å². The Morgan fingerprint density at radius 2 is 2.12 bits per heavy atom. The maximum atomic E-state index is 11.4. The van der Waals surface area contributed by atoms with Gasteiger partial charge in [-0.05, 0) is 30.4 Å². The molecule has 0 saturated carbocycles. The van der Waals surface area contributed by atoms with Crippen LogP contribution in [0.15, 0.2) is 18.2 Å². The fourth-order valence-corrected chi connectivity index (χ4v) is 1.56. The van der Waals surface area contributed by atoms with Gasteiger partial charge in [0.15, 0.2) is 0 Å². The number of esters is 1. The molecule has 0 radical (unpaired) electrons. The molecule has 0 fully saturated rings. The van der Waals surface area contributed by atoms with Crippen molar-refractivity contribution < 1.29 is 9.53 Å². The number of carbonyl (C=O) groups is 1. The number of nitrogens with two attached hydrogens (primary N) is 1. The molecule has 3 heteroatoms. The van der Waals surface area contributed by atoms with Crippen LogP contribution in [-0.4, -0.2) is 13.1 Å². The van der Waals surface area contributed by atoms with Gasteiger partial charge in [-0.3, -0.25) is 0 Å². The van der Waals surface area contributed by atoms with E-state index in [1.807, 2.05) is 12.1 Å². The second kappa shape index (κ2) is 5.54. The summed E-state index contributed by atoms with van der Waals surface area (Å²) < 4.78 is 4.68. The lowest BCUT2D eigenvalue weighted by Crippen LogP contribution is -2.08. The van der Waals surface area contributed by atoms with Crippen LogP contribution in [-0.2, 0) is 11.2 Å². The van der Waals surface area contributed by atoms with Crippen LogP contribution in [0.4, 0.5) is 5.69 Å². The molecule has 88 valence electrons. The molecule has 0 aliphatic heterocycles. The Morgan fingerprint density at radius 1 is 1.44 bits per heavy atom. The van der Waals surface area contributed by atoms with Crippen LogP contribution in [0.25, 0.3) is 0 Å². The quantitative estimate of drug-likeness (QED) is 0.628. The standard InChI is InChI=1S/C13H19NO2/c1-9(2)7-8-10-5-4-6-11(12(10)14)13(15)16-3/h4-6,9H,7-8,14H2,1-3H3. The zero-order valence-corrected chi connectivity index (χ0v) is 10.1. The van der Waals surface area contributed by atoms with Crippen LogP contribution in [0.1, 0.15) is 36.2 Å². The molecule has 1 aromatic rings. The topological polar surface area (TPSA) is 52.3 Å². The molecule has 1 aromatic carbocycles. The van der Waals surface area contributed by atoms with E-state index < -0.39 is 0 Å². The van der Waals surface area contributed by atoms with Gasteiger partial charge in [0.1, 0.15) is 0 Å². The number of hydrogen-bond acceptors (Lipinski definition) is 3. The van der Waals surface area contributed by atoms with Gasteiger partial charge >= 0.3 is 5.97 Å². The highest BCUT2D eigenvalue weighted by Gasteiger charge is 2.12. The van der Waals surface area contributed by atoms with E-state index in [1.165, 1.54) is 7.11 Å². The molecular formula is C13H19NO2. The minimum Gasteiger partial charge on any atom is -0.465 e. The van der Waals surface area contributed by atoms with Gasteiger partial charge in [0.2, 0.25) is 0 Å². The lowest BCUT2D eigenvalue weighted by atomic mass is 9.99. The number of aryl methyl sites for hydroxylation is 1. The van der Waals surface area contributed by atoms with Gasteiger partial charge in [0.25, 0.3) is 0 Å². The second-order valence-corrected chi connectivity index (χ2v) is 4.30. The number of hydrogen-bond donors (Lipinski definition) is 1. The molecule has 1 rings (SSSR count). The number of carbonyl (C=O) groups excluding carboxylic acids is 1. The Bertz CT molecular complexity index is 372. The zero-order valence-electron chi connectivity index (χ0n) is 10.1. The van der Waals surface area contributed by atoms with Crippen molar-refractivity contribution in [1.82, 2.24) is 0 Å². The molecule has 16 heavy (non-hydrogen) atoms. The summed E-state index contributed by atoms with van der Waals surface area (Å²) in [7, 11) is 1.36. The van der Waals surface area contributed by atoms with E-state index in [2.05, 4.69) is 18.6 Å². The van der Waals surface area contributed by atoms with Crippen molar-refractivity contribution in [3.63, 3.8) is 0 Å². The molecule has 0 saturated heterocycles. The molecule has 0 amide bonds. The lowest BCUT2D eigenvalue weighted by Gasteiger charge is -2.10. The summed E-state index contributed by atoms with van der Waals surface area (Å²) in [6, 6.07) is 5.50. The molecule has 0 heterocycles. The van der Waals surface area contributed by atoms with Crippen LogP contribution in [0, 0.1) is 5.92 Å². The Labute approximate surface area is 96.6 Å². The van der Waals surface area contributed by atoms with Crippen LogP contribution in [0.2, 0.25) is 0 Å². The van der Waals surface area contributed by atoms with Crippen molar-refractivity contribution in [2.24, 2.45) is 5.92 Å². The molecule has 0 atom stereocenters. The maximum absolute atomic E-state index is 11.4. The lowest BCUT2D eigenvalue weighted by molar-refractivity contribution is 0.0602. The molecule has 0 spiro atoms. The Kier molecular flexibility index (Phi) is 4.35. The molecule has 0 bridgehead atoms. The zero-order chi connectivity index (χ0) is 12.1. The predicted octanol–water partition coefficient (Wildman–Crippen LogP) is 2.64. The fourth-order valence-electron chi connectivity index (χ4n) is 1.56. The number of benzene rings is 1. The highest BCUT2D eigenvalue weighted by Crippen LogP contribution is 2.21. The van der Waals surface area contributed by atoms with Crippen LogP contribution in [0.5, 0.6) is 0 Å². The van der Waals surface area contributed by atoms with Gasteiger partial charge in [0.05, 0.1) is 12.7 Å². The largest absolute Gasteiger partial charge is 0.465 e. The second-order valence-electron chi connectivity index (χ2n) is 4.30. The average molecular weight is 221 g/mol. The smallest absolute Gasteiger partial charge is 0.339 e. The number of para-hydroxylation sites is 1. The van der Waals surface area contributed by atoms with Crippen molar-refractivity contribution in [2.75, 3.05) is 12.8 Å². The van der Waals surface area contributed by atoms with Crippen LogP contribution in [0.3, 0.4) is 0 Å². The average Bonchev–Trinajstić information content (AvgIpc) is 2.26. The van der Waals surface area contributed by atoms with Gasteiger partial charge in [-0.2, -0.15) is 0 Å². The monoisotopic (exact) mass is 221 g/mol. The van der Waals surface area contributed by atoms with Crippen molar-refractivity contribution in [1.29, 1.82) is 0 Å². The van der Waals surface area contributed by atoms with Gasteiger partial charge in [-0.25, -0.2) is 4.79 Å². The van der Waals surface area contributed by atoms with Crippen molar-refractivity contribution in [2.45, 2.75) is 26.7 Å². The third-order valence-corrected chi connectivity index (χ3v) is 2.59. The summed E-state index contributed by atoms with van der Waals surface area (Å²) in [5.74, 6) is 0.255. The van der Waals surface area contributed by atoms with Gasteiger partial charge in [-0.15, -0.1) is 0 Å². The van der Waals surface area contributed by atoms with E-state index in [-0.39, 0.29) is 5.97 Å². The maximum Gasteiger partial charge on any atom is 0.339 e. The minimum atomic E-state index is -0.371. The third-order valence-electron chi connectivity index (χ3n) is 2.59. The number of rotatable bonds is 4. The predicted molar refractivity (Wildman–Crippen MR) is 65.4 cm³/mol. The van der Waals surface area contributed by atoms with E-state index in [0.717, 1.165) is 18.4 Å². The highest BCUT2D eigenvalue weighted by molar-refractivity contribution is 5.95. The van der Waals surface area contributed by atoms with E-state index in [9.17, 15) is 4.79 Å². The van der Waals surface area contributed by atoms with Gasteiger partial charge < -0.3 is 10.5 Å². The number of ether oxygens (including phenoxy) is 1. The molecule has 0 aliphatic rings. The van der Waals surface area contributed by atoms with E-state index in [1.54, 1.807) is 6.07 Å². The van der Waals surface area contributed by atoms with E-state index in [4.69, 9.17) is 5.73 Å². The number of methoxy groups -OCH3 is 1. The van der Waals surface area contributed by atoms with Crippen LogP contribution < -0.4 is 5.73 Å². The van der Waals surface area contributed by atoms with Gasteiger partial charge in [0, 0.05) is 5.69 Å². The molecule has 0 aromatic heterocycles. The first-order valence-corrected chi connectivity index (χ1v) is 5.52. The number of nitrogen functional groups attached to an aromatic ring is 1. The minimum absolute atomic E-state index is 0.371. The van der Waals surface area contributed by atoms with E-state index >= 15 is 0 Å². The first-order valence-electron chi connectivity index (χ1n) is 5.52. The van der Waals surface area contributed by atoms with Crippen LogP contribution >= 0.6 is 0 Å². The van der Waals surface area contributed by atoms with Crippen molar-refractivity contribution >= 4 is 11.7 Å². The summed E-state index contributed by atoms with van der Waals surface area (Å²) in [5.41, 5.74) is 7.98. The van der Waals surface area contributed by atoms with Crippen molar-refractivity contribution in [3.05, 3.63) is 29.3 Å². The van der Waals surface area contributed by atoms with Crippen molar-refractivity contribution in [3.8, 4) is 0 Å².